The number of nitrogens with one attached hydrogen (secondary N) is 2. The summed E-state index contributed by atoms with van der Waals surface area (Å²) >= 11 is 0. The van der Waals surface area contributed by atoms with Crippen molar-refractivity contribution in [2.45, 2.75) is 19.4 Å². The molecule has 0 aromatic heterocycles. The highest BCUT2D eigenvalue weighted by Crippen LogP contribution is 2.18. The van der Waals surface area contributed by atoms with Crippen LogP contribution in [0, 0.1) is 0 Å². The molecule has 3 rings (SSSR count). The second-order valence-corrected chi connectivity index (χ2v) is 7.03. The number of benzene rings is 1. The normalized spacial score (nSPS) is 19.2. The molecule has 2 N–H and O–H groups in total. The standard InChI is InChI=1S/C20H33N5O/c1-21-20(23-9-12-24-13-15-26-16-14-24)22-8-4-10-25-11-7-18-5-2-3-6-19(18)17-25/h2-3,5-6H,4,7-17H2,1H3,(H2,21,22,23). The number of hydrogen-bond acceptors (Lipinski definition) is 4. The summed E-state index contributed by atoms with van der Waals surface area (Å²) in [6.07, 6.45) is 2.31. The first-order chi connectivity index (χ1) is 12.8. The molecule has 1 saturated heterocycles. The van der Waals surface area contributed by atoms with Gasteiger partial charge in [0.15, 0.2) is 5.96 Å². The third-order valence-electron chi connectivity index (χ3n) is 5.20. The van der Waals surface area contributed by atoms with E-state index >= 15 is 0 Å². The molecule has 1 fully saturated rings. The molecule has 2 aliphatic rings. The molecule has 6 heteroatoms. The molecule has 1 aromatic rings. The Hall–Kier alpha value is -1.63. The lowest BCUT2D eigenvalue weighted by Gasteiger charge is -2.28. The van der Waals surface area contributed by atoms with Crippen LogP contribution in [0.25, 0.3) is 0 Å². The molecule has 0 aliphatic carbocycles. The number of guanidine groups is 1. The van der Waals surface area contributed by atoms with E-state index in [0.29, 0.717) is 0 Å². The molecular weight excluding hydrogens is 326 g/mol. The third kappa shape index (κ3) is 5.97. The van der Waals surface area contributed by atoms with Crippen molar-refractivity contribution in [3.05, 3.63) is 35.4 Å². The number of fused-ring (bicyclic) bond motifs is 1. The van der Waals surface area contributed by atoms with Gasteiger partial charge >= 0.3 is 0 Å². The molecule has 0 atom stereocenters. The first-order valence-electron chi connectivity index (χ1n) is 9.89. The van der Waals surface area contributed by atoms with Gasteiger partial charge in [0, 0.05) is 59.4 Å². The van der Waals surface area contributed by atoms with Gasteiger partial charge in [0.2, 0.25) is 0 Å². The molecule has 0 saturated carbocycles. The maximum Gasteiger partial charge on any atom is 0.191 e. The summed E-state index contributed by atoms with van der Waals surface area (Å²) in [7, 11) is 1.84. The molecule has 0 amide bonds. The second kappa shape index (κ2) is 10.5. The van der Waals surface area contributed by atoms with Crippen molar-refractivity contribution < 1.29 is 4.74 Å². The Morgan fingerprint density at radius 3 is 2.58 bits per heavy atom. The fraction of sp³-hybridized carbons (Fsp3) is 0.650. The fourth-order valence-electron chi connectivity index (χ4n) is 3.63. The Morgan fingerprint density at radius 2 is 1.77 bits per heavy atom. The van der Waals surface area contributed by atoms with Gasteiger partial charge in [-0.15, -0.1) is 0 Å². The Morgan fingerprint density at radius 1 is 1.00 bits per heavy atom. The summed E-state index contributed by atoms with van der Waals surface area (Å²) < 4.78 is 5.38. The molecule has 1 aromatic carbocycles. The summed E-state index contributed by atoms with van der Waals surface area (Å²) in [5.41, 5.74) is 3.01. The molecular formula is C20H33N5O. The minimum atomic E-state index is 0.855. The van der Waals surface area contributed by atoms with Gasteiger partial charge in [0.25, 0.3) is 0 Å². The van der Waals surface area contributed by atoms with Gasteiger partial charge in [-0.25, -0.2) is 0 Å². The minimum absolute atomic E-state index is 0.855. The van der Waals surface area contributed by atoms with Crippen LogP contribution in [0.15, 0.2) is 29.3 Å². The second-order valence-electron chi connectivity index (χ2n) is 7.03. The third-order valence-corrected chi connectivity index (χ3v) is 5.20. The van der Waals surface area contributed by atoms with Crippen molar-refractivity contribution in [2.24, 2.45) is 4.99 Å². The zero-order valence-corrected chi connectivity index (χ0v) is 16.0. The quantitative estimate of drug-likeness (QED) is 0.431. The Kier molecular flexibility index (Phi) is 7.73. The van der Waals surface area contributed by atoms with Crippen molar-refractivity contribution in [2.75, 3.05) is 66.1 Å². The number of ether oxygens (including phenoxy) is 1. The molecule has 0 spiro atoms. The average molecular weight is 360 g/mol. The van der Waals surface area contributed by atoms with E-state index in [9.17, 15) is 0 Å². The predicted octanol–water partition coefficient (Wildman–Crippen LogP) is 0.932. The van der Waals surface area contributed by atoms with E-state index in [2.05, 4.69) is 49.7 Å². The summed E-state index contributed by atoms with van der Waals surface area (Å²) in [5.74, 6) is 0.905. The molecule has 2 heterocycles. The summed E-state index contributed by atoms with van der Waals surface area (Å²) in [5, 5.41) is 6.85. The van der Waals surface area contributed by atoms with Crippen LogP contribution in [0.3, 0.4) is 0 Å². The van der Waals surface area contributed by atoms with Gasteiger partial charge < -0.3 is 15.4 Å². The fourth-order valence-corrected chi connectivity index (χ4v) is 3.63. The predicted molar refractivity (Wildman–Crippen MR) is 107 cm³/mol. The van der Waals surface area contributed by atoms with Gasteiger partial charge in [-0.3, -0.25) is 14.8 Å². The summed E-state index contributed by atoms with van der Waals surface area (Å²) in [6.45, 7) is 10.1. The number of nitrogens with zero attached hydrogens (tertiary/aromatic N) is 3. The van der Waals surface area contributed by atoms with Gasteiger partial charge in [-0.2, -0.15) is 0 Å². The maximum atomic E-state index is 5.38. The topological polar surface area (TPSA) is 52.1 Å². The highest BCUT2D eigenvalue weighted by molar-refractivity contribution is 5.79. The smallest absolute Gasteiger partial charge is 0.191 e. The first kappa shape index (κ1) is 19.1. The molecule has 144 valence electrons. The monoisotopic (exact) mass is 359 g/mol. The number of hydrogen-bond donors (Lipinski definition) is 2. The maximum absolute atomic E-state index is 5.38. The van der Waals surface area contributed by atoms with E-state index in [4.69, 9.17) is 4.74 Å². The van der Waals surface area contributed by atoms with E-state index in [0.717, 1.165) is 71.4 Å². The van der Waals surface area contributed by atoms with Crippen molar-refractivity contribution in [3.63, 3.8) is 0 Å². The number of morpholine rings is 1. The van der Waals surface area contributed by atoms with Crippen LogP contribution >= 0.6 is 0 Å². The van der Waals surface area contributed by atoms with Crippen LogP contribution in [-0.4, -0.2) is 81.8 Å². The largest absolute Gasteiger partial charge is 0.379 e. The van der Waals surface area contributed by atoms with E-state index in [1.54, 1.807) is 0 Å². The van der Waals surface area contributed by atoms with Crippen molar-refractivity contribution in [1.29, 1.82) is 0 Å². The van der Waals surface area contributed by atoms with Gasteiger partial charge in [-0.05, 0) is 24.0 Å². The SMILES string of the molecule is CN=C(NCCCN1CCc2ccccc2C1)NCCN1CCOCC1. The molecule has 2 aliphatic heterocycles. The van der Waals surface area contributed by atoms with Crippen molar-refractivity contribution in [1.82, 2.24) is 20.4 Å². The number of rotatable bonds is 7. The van der Waals surface area contributed by atoms with Gasteiger partial charge in [0.05, 0.1) is 13.2 Å². The Bertz CT molecular complexity index is 571. The molecule has 0 radical (unpaired) electrons. The van der Waals surface area contributed by atoms with Crippen LogP contribution in [0.4, 0.5) is 0 Å². The van der Waals surface area contributed by atoms with Crippen LogP contribution in [0.5, 0.6) is 0 Å². The van der Waals surface area contributed by atoms with Crippen LogP contribution < -0.4 is 10.6 Å². The zero-order valence-electron chi connectivity index (χ0n) is 16.0. The zero-order chi connectivity index (χ0) is 18.0. The molecule has 0 bridgehead atoms. The van der Waals surface area contributed by atoms with Crippen molar-refractivity contribution >= 4 is 5.96 Å². The lowest BCUT2D eigenvalue weighted by Crippen LogP contribution is -2.44. The van der Waals surface area contributed by atoms with Crippen LogP contribution in [-0.2, 0) is 17.7 Å². The van der Waals surface area contributed by atoms with Gasteiger partial charge in [-0.1, -0.05) is 24.3 Å². The average Bonchev–Trinajstić information content (AvgIpc) is 2.70. The van der Waals surface area contributed by atoms with E-state index in [1.165, 1.54) is 24.1 Å². The lowest BCUT2D eigenvalue weighted by atomic mass is 10.00. The lowest BCUT2D eigenvalue weighted by molar-refractivity contribution is 0.0389. The highest BCUT2D eigenvalue weighted by atomic mass is 16.5. The number of aliphatic imine (C=N–C) groups is 1. The van der Waals surface area contributed by atoms with E-state index < -0.39 is 0 Å². The molecule has 0 unspecified atom stereocenters. The highest BCUT2D eigenvalue weighted by Gasteiger charge is 2.15. The van der Waals surface area contributed by atoms with Crippen LogP contribution in [0.2, 0.25) is 0 Å². The van der Waals surface area contributed by atoms with E-state index in [1.807, 2.05) is 7.05 Å². The van der Waals surface area contributed by atoms with E-state index in [-0.39, 0.29) is 0 Å². The minimum Gasteiger partial charge on any atom is -0.379 e. The Balaban J connectivity index is 1.27. The van der Waals surface area contributed by atoms with Crippen molar-refractivity contribution in [3.8, 4) is 0 Å². The summed E-state index contributed by atoms with van der Waals surface area (Å²) in [4.78, 5) is 9.31. The summed E-state index contributed by atoms with van der Waals surface area (Å²) in [6, 6.07) is 8.83. The Labute approximate surface area is 157 Å². The van der Waals surface area contributed by atoms with Crippen LogP contribution in [0.1, 0.15) is 17.5 Å². The van der Waals surface area contributed by atoms with Gasteiger partial charge in [0.1, 0.15) is 0 Å². The molecule has 26 heavy (non-hydrogen) atoms. The first-order valence-corrected chi connectivity index (χ1v) is 9.89. The molecule has 6 nitrogen and oxygen atoms in total.